The van der Waals surface area contributed by atoms with Crippen LogP contribution in [0.4, 0.5) is 0 Å². The number of benzene rings is 3. The molecule has 3 aromatic heterocycles. The van der Waals surface area contributed by atoms with Gasteiger partial charge in [0.1, 0.15) is 35.0 Å². The van der Waals surface area contributed by atoms with Gasteiger partial charge in [-0.15, -0.1) is 17.3 Å². The summed E-state index contributed by atoms with van der Waals surface area (Å²) >= 11 is 7.87. The molecule has 6 rings (SSSR count). The summed E-state index contributed by atoms with van der Waals surface area (Å²) in [4.78, 5) is 31.9. The SMILES string of the molecule is CC#Cc1sc2ncnc(O[C@H](Cc3ccccc3OCc3ccnc(-c4ccccc4OC)n3)C(=O)O)c2c1-c1ccc(O)c(Cl)c1CC. The van der Waals surface area contributed by atoms with Gasteiger partial charge in [-0.05, 0) is 60.4 Å². The molecular formula is C38H31ClN4O6S. The summed E-state index contributed by atoms with van der Waals surface area (Å²) in [6.07, 6.45) is 2.15. The molecule has 0 aliphatic heterocycles. The van der Waals surface area contributed by atoms with Gasteiger partial charge in [0, 0.05) is 18.2 Å². The summed E-state index contributed by atoms with van der Waals surface area (Å²) in [6, 6.07) is 19.7. The molecule has 0 unspecified atom stereocenters. The Balaban J connectivity index is 1.31. The van der Waals surface area contributed by atoms with E-state index < -0.39 is 12.1 Å². The van der Waals surface area contributed by atoms with Crippen LogP contribution in [0, 0.1) is 11.8 Å². The van der Waals surface area contributed by atoms with Gasteiger partial charge >= 0.3 is 5.97 Å². The van der Waals surface area contributed by atoms with Crippen LogP contribution in [-0.2, 0) is 24.2 Å². The molecule has 10 nitrogen and oxygen atoms in total. The van der Waals surface area contributed by atoms with E-state index in [4.69, 9.17) is 25.8 Å². The number of thiophene rings is 1. The lowest BCUT2D eigenvalue weighted by atomic mass is 9.96. The van der Waals surface area contributed by atoms with Crippen LogP contribution >= 0.6 is 22.9 Å². The van der Waals surface area contributed by atoms with Crippen LogP contribution in [-0.4, -0.2) is 49.3 Å². The van der Waals surface area contributed by atoms with E-state index in [1.165, 1.54) is 23.7 Å². The number of para-hydroxylation sites is 2. The fourth-order valence-electron chi connectivity index (χ4n) is 5.56. The Morgan fingerprint density at radius 3 is 2.54 bits per heavy atom. The topological polar surface area (TPSA) is 137 Å². The van der Waals surface area contributed by atoms with Crippen LogP contribution in [0.1, 0.15) is 35.5 Å². The van der Waals surface area contributed by atoms with Crippen molar-refractivity contribution in [3.63, 3.8) is 0 Å². The number of carboxylic acids is 1. The summed E-state index contributed by atoms with van der Waals surface area (Å²) < 4.78 is 17.9. The summed E-state index contributed by atoms with van der Waals surface area (Å²) in [6.45, 7) is 3.77. The molecule has 0 fully saturated rings. The van der Waals surface area contributed by atoms with E-state index in [9.17, 15) is 15.0 Å². The first kappa shape index (κ1) is 34.2. The second kappa shape index (κ2) is 15.2. The fraction of sp³-hybridized carbons (Fsp3) is 0.184. The summed E-state index contributed by atoms with van der Waals surface area (Å²) in [5.74, 6) is 6.58. The minimum atomic E-state index is -1.34. The standard InChI is InChI=1S/C38H31ClN4O6S/c1-4-10-31-32(25-15-16-27(44)34(39)24(25)5-2)33-36(41-21-42-37(33)50-31)49-30(38(45)46)19-22-11-6-8-13-28(22)48-20-23-17-18-40-35(43-23)26-12-7-9-14-29(26)47-3/h6-9,11-18,21,30,44H,5,19-20H2,1-3H3,(H,45,46)/t30-/m1/s1. The number of carbonyl (C=O) groups is 1. The maximum atomic E-state index is 12.7. The number of ether oxygens (including phenoxy) is 3. The Kier molecular flexibility index (Phi) is 10.4. The Morgan fingerprint density at radius 2 is 1.78 bits per heavy atom. The van der Waals surface area contributed by atoms with E-state index in [2.05, 4.69) is 31.8 Å². The van der Waals surface area contributed by atoms with Gasteiger partial charge in [0.25, 0.3) is 0 Å². The van der Waals surface area contributed by atoms with E-state index in [1.807, 2.05) is 43.3 Å². The third-order valence-corrected chi connectivity index (χ3v) is 9.32. The number of phenols is 1. The number of carboxylic acid groups (broad SMARTS) is 1. The van der Waals surface area contributed by atoms with E-state index in [-0.39, 0.29) is 29.7 Å². The number of rotatable bonds is 12. The number of aromatic hydroxyl groups is 1. The normalized spacial score (nSPS) is 11.4. The Bertz CT molecular complexity index is 2260. The first-order chi connectivity index (χ1) is 24.3. The van der Waals surface area contributed by atoms with Crippen molar-refractivity contribution in [2.75, 3.05) is 7.11 Å². The molecule has 0 spiro atoms. The van der Waals surface area contributed by atoms with Gasteiger partial charge in [0.15, 0.2) is 5.82 Å². The molecule has 252 valence electrons. The first-order valence-corrected chi connectivity index (χ1v) is 16.8. The molecule has 3 aromatic carbocycles. The van der Waals surface area contributed by atoms with E-state index in [1.54, 1.807) is 44.5 Å². The van der Waals surface area contributed by atoms with Gasteiger partial charge in [-0.2, -0.15) is 0 Å². The average Bonchev–Trinajstić information content (AvgIpc) is 3.50. The van der Waals surface area contributed by atoms with Crippen molar-refractivity contribution in [3.8, 4) is 57.5 Å². The van der Waals surface area contributed by atoms with E-state index in [0.29, 0.717) is 61.2 Å². The Labute approximate surface area is 297 Å². The Hall–Kier alpha value is -5.70. The maximum Gasteiger partial charge on any atom is 0.345 e. The lowest BCUT2D eigenvalue weighted by Crippen LogP contribution is -2.30. The average molecular weight is 707 g/mol. The number of phenolic OH excluding ortho intramolecular Hbond substituents is 1. The molecule has 12 heteroatoms. The molecule has 0 saturated carbocycles. The van der Waals surface area contributed by atoms with Gasteiger partial charge in [0.05, 0.1) is 33.7 Å². The molecule has 0 amide bonds. The first-order valence-electron chi connectivity index (χ1n) is 15.6. The predicted molar refractivity (Wildman–Crippen MR) is 192 cm³/mol. The number of hydrogen-bond donors (Lipinski definition) is 2. The van der Waals surface area contributed by atoms with Crippen molar-refractivity contribution in [1.29, 1.82) is 0 Å². The molecule has 0 aliphatic rings. The van der Waals surface area contributed by atoms with Crippen molar-refractivity contribution in [3.05, 3.63) is 106 Å². The highest BCUT2D eigenvalue weighted by Gasteiger charge is 2.27. The Morgan fingerprint density at radius 1 is 1.00 bits per heavy atom. The molecule has 0 bridgehead atoms. The lowest BCUT2D eigenvalue weighted by Gasteiger charge is -2.18. The number of methoxy groups -OCH3 is 1. The third kappa shape index (κ3) is 7.03. The monoisotopic (exact) mass is 706 g/mol. The van der Waals surface area contributed by atoms with Crippen molar-refractivity contribution >= 4 is 39.1 Å². The molecular weight excluding hydrogens is 676 g/mol. The van der Waals surface area contributed by atoms with Crippen LogP contribution in [0.25, 0.3) is 32.7 Å². The fourth-order valence-corrected chi connectivity index (χ4v) is 6.91. The third-order valence-electron chi connectivity index (χ3n) is 7.88. The summed E-state index contributed by atoms with van der Waals surface area (Å²) in [5.41, 5.74) is 4.09. The van der Waals surface area contributed by atoms with E-state index >= 15 is 0 Å². The second-order valence-corrected chi connectivity index (χ2v) is 12.3. The zero-order valence-electron chi connectivity index (χ0n) is 27.3. The largest absolute Gasteiger partial charge is 0.506 e. The highest BCUT2D eigenvalue weighted by Crippen LogP contribution is 2.45. The molecule has 50 heavy (non-hydrogen) atoms. The summed E-state index contributed by atoms with van der Waals surface area (Å²) in [5, 5.41) is 21.4. The molecule has 0 radical (unpaired) electrons. The molecule has 3 heterocycles. The quantitative estimate of drug-likeness (QED) is 0.121. The van der Waals surface area contributed by atoms with Crippen LogP contribution in [0.15, 0.2) is 79.3 Å². The van der Waals surface area contributed by atoms with Crippen molar-refractivity contribution < 1.29 is 29.2 Å². The minimum Gasteiger partial charge on any atom is -0.506 e. The van der Waals surface area contributed by atoms with Crippen LogP contribution in [0.3, 0.4) is 0 Å². The van der Waals surface area contributed by atoms with Gasteiger partial charge < -0.3 is 24.4 Å². The number of halogens is 1. The van der Waals surface area contributed by atoms with Gasteiger partial charge in [-0.25, -0.2) is 24.7 Å². The van der Waals surface area contributed by atoms with Crippen LogP contribution in [0.2, 0.25) is 5.02 Å². The number of hydrogen-bond acceptors (Lipinski definition) is 10. The summed E-state index contributed by atoms with van der Waals surface area (Å²) in [7, 11) is 1.59. The van der Waals surface area contributed by atoms with Crippen molar-refractivity contribution in [1.82, 2.24) is 19.9 Å². The molecule has 0 saturated heterocycles. The highest BCUT2D eigenvalue weighted by molar-refractivity contribution is 7.19. The number of aromatic nitrogens is 4. The lowest BCUT2D eigenvalue weighted by molar-refractivity contribution is -0.145. The van der Waals surface area contributed by atoms with Gasteiger partial charge in [-0.1, -0.05) is 60.8 Å². The zero-order chi connectivity index (χ0) is 35.2. The minimum absolute atomic E-state index is 0.0282. The molecule has 6 aromatic rings. The van der Waals surface area contributed by atoms with Gasteiger partial charge in [0.2, 0.25) is 12.0 Å². The predicted octanol–water partition coefficient (Wildman–Crippen LogP) is 7.77. The number of aliphatic carboxylic acids is 1. The molecule has 1 atom stereocenters. The molecule has 2 N–H and O–H groups in total. The highest BCUT2D eigenvalue weighted by atomic mass is 35.5. The van der Waals surface area contributed by atoms with Crippen molar-refractivity contribution in [2.45, 2.75) is 39.4 Å². The van der Waals surface area contributed by atoms with Crippen molar-refractivity contribution in [2.24, 2.45) is 0 Å². The number of nitrogens with zero attached hydrogens (tertiary/aromatic N) is 4. The smallest absolute Gasteiger partial charge is 0.345 e. The van der Waals surface area contributed by atoms with E-state index in [0.717, 1.165) is 11.1 Å². The van der Waals surface area contributed by atoms with Gasteiger partial charge in [-0.3, -0.25) is 0 Å². The van der Waals surface area contributed by atoms with Crippen LogP contribution < -0.4 is 14.2 Å². The second-order valence-electron chi connectivity index (χ2n) is 10.9. The maximum absolute atomic E-state index is 12.7. The molecule has 0 aliphatic carbocycles. The number of fused-ring (bicyclic) bond motifs is 1. The zero-order valence-corrected chi connectivity index (χ0v) is 28.9. The van der Waals surface area contributed by atoms with Crippen LogP contribution in [0.5, 0.6) is 23.1 Å².